The minimum atomic E-state index is -0.427. The lowest BCUT2D eigenvalue weighted by Gasteiger charge is -2.30. The van der Waals surface area contributed by atoms with E-state index in [0.29, 0.717) is 29.4 Å². The van der Waals surface area contributed by atoms with E-state index in [-0.39, 0.29) is 5.78 Å². The van der Waals surface area contributed by atoms with E-state index in [2.05, 4.69) is 19.1 Å². The maximum absolute atomic E-state index is 12.7. The molecular formula is C17H29N3O3+2. The van der Waals surface area contributed by atoms with Crippen LogP contribution in [0.25, 0.3) is 0 Å². The quantitative estimate of drug-likeness (QED) is 0.471. The molecule has 0 aromatic carbocycles. The summed E-state index contributed by atoms with van der Waals surface area (Å²) in [4.78, 5) is 30.3. The maximum Gasteiger partial charge on any atom is 0.354 e. The molecule has 2 rings (SSSR count). The molecule has 1 aromatic rings. The fraction of sp³-hybridized carbons (Fsp3) is 0.647. The molecule has 128 valence electrons. The highest BCUT2D eigenvalue weighted by molar-refractivity contribution is 6.02. The highest BCUT2D eigenvalue weighted by atomic mass is 16.5. The summed E-state index contributed by atoms with van der Waals surface area (Å²) >= 11 is 0. The van der Waals surface area contributed by atoms with Gasteiger partial charge in [-0.25, -0.2) is 4.79 Å². The second kappa shape index (κ2) is 7.27. The van der Waals surface area contributed by atoms with Gasteiger partial charge in [-0.2, -0.15) is 0 Å². The van der Waals surface area contributed by atoms with E-state index in [4.69, 9.17) is 4.74 Å². The number of aromatic amines is 1. The number of ketones is 1. The number of quaternary nitrogens is 2. The zero-order chi connectivity index (χ0) is 17.1. The van der Waals surface area contributed by atoms with Gasteiger partial charge in [0, 0.05) is 24.1 Å². The van der Waals surface area contributed by atoms with Gasteiger partial charge in [-0.3, -0.25) is 4.79 Å². The first-order valence-corrected chi connectivity index (χ1v) is 8.29. The van der Waals surface area contributed by atoms with Gasteiger partial charge in [0.2, 0.25) is 5.78 Å². The maximum atomic E-state index is 12.7. The molecule has 1 aliphatic rings. The average Bonchev–Trinajstić information content (AvgIpc) is 2.81. The van der Waals surface area contributed by atoms with Crippen molar-refractivity contribution in [2.45, 2.75) is 32.7 Å². The van der Waals surface area contributed by atoms with Gasteiger partial charge < -0.3 is 19.5 Å². The molecule has 0 aliphatic carbocycles. The first-order valence-electron chi connectivity index (χ1n) is 8.29. The fourth-order valence-corrected chi connectivity index (χ4v) is 3.56. The van der Waals surface area contributed by atoms with Crippen molar-refractivity contribution in [3.8, 4) is 0 Å². The third kappa shape index (κ3) is 3.82. The lowest BCUT2D eigenvalue weighted by molar-refractivity contribution is -0.934. The Kier molecular flexibility index (Phi) is 5.59. The summed E-state index contributed by atoms with van der Waals surface area (Å²) in [6.45, 7) is 6.44. The van der Waals surface area contributed by atoms with Gasteiger partial charge in [0.1, 0.15) is 12.2 Å². The third-order valence-electron chi connectivity index (χ3n) is 5.08. The van der Waals surface area contributed by atoms with E-state index in [0.717, 1.165) is 18.5 Å². The average molecular weight is 323 g/mol. The topological polar surface area (TPSA) is 68.0 Å². The molecule has 2 heterocycles. The SMILES string of the molecule is COC(=O)c1[nH]c(C)c(C(=O)C[NH+](C)C2CC[NH+](C)CC2)c1C. The van der Waals surface area contributed by atoms with Crippen LogP contribution in [0.4, 0.5) is 0 Å². The summed E-state index contributed by atoms with van der Waals surface area (Å²) < 4.78 is 4.76. The number of likely N-dealkylation sites (N-methyl/N-ethyl adjacent to an activating group) is 1. The molecule has 1 fully saturated rings. The molecule has 0 amide bonds. The number of aromatic nitrogens is 1. The van der Waals surface area contributed by atoms with E-state index in [1.54, 1.807) is 11.8 Å². The van der Waals surface area contributed by atoms with E-state index in [1.165, 1.54) is 25.1 Å². The monoisotopic (exact) mass is 323 g/mol. The number of esters is 1. The number of aryl methyl sites for hydroxylation is 1. The first-order chi connectivity index (χ1) is 10.8. The van der Waals surface area contributed by atoms with Gasteiger partial charge in [0.25, 0.3) is 0 Å². The molecule has 0 saturated carbocycles. The van der Waals surface area contributed by atoms with Crippen LogP contribution < -0.4 is 9.80 Å². The van der Waals surface area contributed by atoms with Crippen molar-refractivity contribution >= 4 is 11.8 Å². The zero-order valence-electron chi connectivity index (χ0n) is 14.8. The summed E-state index contributed by atoms with van der Waals surface area (Å²) in [5, 5.41) is 0. The molecule has 23 heavy (non-hydrogen) atoms. The molecule has 1 aromatic heterocycles. The standard InChI is InChI=1S/C17H27N3O3/c1-11-15(12(2)18-16(11)17(22)23-5)14(21)10-20(4)13-6-8-19(3)9-7-13/h13,18H,6-10H2,1-5H3/p+2. The van der Waals surface area contributed by atoms with Crippen LogP contribution in [0.2, 0.25) is 0 Å². The predicted molar refractivity (Wildman–Crippen MR) is 87.3 cm³/mol. The Bertz CT molecular complexity index is 586. The minimum absolute atomic E-state index is 0.0928. The number of carbonyl (C=O) groups excluding carboxylic acids is 2. The lowest BCUT2D eigenvalue weighted by atomic mass is 10.0. The van der Waals surface area contributed by atoms with E-state index < -0.39 is 5.97 Å². The number of methoxy groups -OCH3 is 1. The summed E-state index contributed by atoms with van der Waals surface area (Å²) in [6.07, 6.45) is 2.31. The normalized spacial score (nSPS) is 22.7. The first kappa shape index (κ1) is 17.7. The number of hydrogen-bond acceptors (Lipinski definition) is 3. The number of rotatable bonds is 5. The number of hydrogen-bond donors (Lipinski definition) is 3. The molecule has 0 spiro atoms. The summed E-state index contributed by atoms with van der Waals surface area (Å²) in [5.41, 5.74) is 2.46. The van der Waals surface area contributed by atoms with Crippen molar-refractivity contribution in [2.24, 2.45) is 0 Å². The minimum Gasteiger partial charge on any atom is -0.464 e. The van der Waals surface area contributed by atoms with Gasteiger partial charge in [-0.15, -0.1) is 0 Å². The van der Waals surface area contributed by atoms with Gasteiger partial charge in [0.15, 0.2) is 0 Å². The molecule has 1 saturated heterocycles. The van der Waals surface area contributed by atoms with Crippen molar-refractivity contribution < 1.29 is 24.1 Å². The van der Waals surface area contributed by atoms with E-state index >= 15 is 0 Å². The van der Waals surface area contributed by atoms with Crippen molar-refractivity contribution in [2.75, 3.05) is 40.8 Å². The van der Waals surface area contributed by atoms with Crippen molar-refractivity contribution in [1.82, 2.24) is 4.98 Å². The highest BCUT2D eigenvalue weighted by Crippen LogP contribution is 2.18. The molecular weight excluding hydrogens is 294 g/mol. The number of piperidine rings is 1. The highest BCUT2D eigenvalue weighted by Gasteiger charge is 2.29. The van der Waals surface area contributed by atoms with Crippen LogP contribution in [0.15, 0.2) is 0 Å². The predicted octanol–water partition coefficient (Wildman–Crippen LogP) is -1.21. The Morgan fingerprint density at radius 1 is 1.30 bits per heavy atom. The number of H-pyrrole nitrogens is 1. The summed E-state index contributed by atoms with van der Waals surface area (Å²) in [7, 11) is 5.67. The Labute approximate surface area is 137 Å². The van der Waals surface area contributed by atoms with E-state index in [1.807, 2.05) is 6.92 Å². The van der Waals surface area contributed by atoms with Crippen molar-refractivity contribution in [3.05, 3.63) is 22.5 Å². The van der Waals surface area contributed by atoms with Gasteiger partial charge >= 0.3 is 5.97 Å². The Morgan fingerprint density at radius 2 is 1.91 bits per heavy atom. The second-order valence-electron chi connectivity index (χ2n) is 6.79. The van der Waals surface area contributed by atoms with Crippen LogP contribution in [0, 0.1) is 13.8 Å². The molecule has 0 radical (unpaired) electrons. The van der Waals surface area contributed by atoms with Crippen LogP contribution in [0.5, 0.6) is 0 Å². The largest absolute Gasteiger partial charge is 0.464 e. The molecule has 0 bridgehead atoms. The zero-order valence-corrected chi connectivity index (χ0v) is 14.8. The van der Waals surface area contributed by atoms with Crippen LogP contribution in [-0.2, 0) is 4.74 Å². The molecule has 1 aliphatic heterocycles. The number of nitrogens with one attached hydrogen (secondary N) is 3. The van der Waals surface area contributed by atoms with Crippen LogP contribution in [0.3, 0.4) is 0 Å². The van der Waals surface area contributed by atoms with Gasteiger partial charge in [-0.05, 0) is 19.4 Å². The van der Waals surface area contributed by atoms with Crippen LogP contribution in [-0.4, -0.2) is 63.6 Å². The number of carbonyl (C=O) groups is 2. The van der Waals surface area contributed by atoms with Gasteiger partial charge in [-0.1, -0.05) is 0 Å². The summed E-state index contributed by atoms with van der Waals surface area (Å²) in [6, 6.07) is 0.544. The van der Waals surface area contributed by atoms with E-state index in [9.17, 15) is 9.59 Å². The van der Waals surface area contributed by atoms with Gasteiger partial charge in [0.05, 0.1) is 40.3 Å². The summed E-state index contributed by atoms with van der Waals surface area (Å²) in [5.74, 6) is -0.334. The smallest absolute Gasteiger partial charge is 0.354 e. The molecule has 6 nitrogen and oxygen atoms in total. The molecule has 3 N–H and O–H groups in total. The lowest BCUT2D eigenvalue weighted by Crippen LogP contribution is -3.18. The van der Waals surface area contributed by atoms with Crippen LogP contribution >= 0.6 is 0 Å². The fourth-order valence-electron chi connectivity index (χ4n) is 3.56. The number of ether oxygens (including phenoxy) is 1. The molecule has 6 heteroatoms. The molecule has 1 atom stereocenters. The number of Topliss-reactive ketones (excluding diaryl/α,β-unsaturated/α-hetero) is 1. The van der Waals surface area contributed by atoms with Crippen molar-refractivity contribution in [3.63, 3.8) is 0 Å². The Morgan fingerprint density at radius 3 is 2.48 bits per heavy atom. The third-order valence-corrected chi connectivity index (χ3v) is 5.08. The number of likely N-dealkylation sites (tertiary alicyclic amines) is 1. The second-order valence-corrected chi connectivity index (χ2v) is 6.79. The van der Waals surface area contributed by atoms with Crippen LogP contribution in [0.1, 0.15) is 44.9 Å². The van der Waals surface area contributed by atoms with Crippen molar-refractivity contribution in [1.29, 1.82) is 0 Å². The molecule has 1 unspecified atom stereocenters. The Hall–Kier alpha value is -1.66. The Balaban J connectivity index is 2.09.